The highest BCUT2D eigenvalue weighted by Crippen LogP contribution is 2.31. The first kappa shape index (κ1) is 12.0. The molecule has 2 heterocycles. The number of benzene rings is 2. The van der Waals surface area contributed by atoms with Gasteiger partial charge in [0.15, 0.2) is 0 Å². The SMILES string of the molecule is Cc1oc2cc3o/c(=N\O)c4ccccc4c3cc2c1C. The highest BCUT2D eigenvalue weighted by atomic mass is 16.5. The van der Waals surface area contributed by atoms with E-state index >= 15 is 0 Å². The minimum atomic E-state index is 0.206. The molecule has 4 rings (SSSR count). The van der Waals surface area contributed by atoms with Crippen LogP contribution in [0.25, 0.3) is 32.7 Å². The van der Waals surface area contributed by atoms with Crippen molar-refractivity contribution >= 4 is 32.7 Å². The third kappa shape index (κ3) is 1.59. The average molecular weight is 279 g/mol. The lowest BCUT2D eigenvalue weighted by Gasteiger charge is -2.03. The van der Waals surface area contributed by atoms with E-state index in [1.807, 2.05) is 44.2 Å². The first-order valence-corrected chi connectivity index (χ1v) is 6.72. The van der Waals surface area contributed by atoms with Crippen molar-refractivity contribution in [2.24, 2.45) is 5.16 Å². The van der Waals surface area contributed by atoms with Crippen molar-refractivity contribution in [1.82, 2.24) is 0 Å². The summed E-state index contributed by atoms with van der Waals surface area (Å²) in [5.74, 6) is 0.900. The number of nitrogens with zero attached hydrogens (tertiary/aromatic N) is 1. The lowest BCUT2D eigenvalue weighted by Crippen LogP contribution is -2.02. The lowest BCUT2D eigenvalue weighted by atomic mass is 10.0. The van der Waals surface area contributed by atoms with Crippen molar-refractivity contribution in [2.45, 2.75) is 13.8 Å². The summed E-state index contributed by atoms with van der Waals surface area (Å²) in [6, 6.07) is 11.7. The summed E-state index contributed by atoms with van der Waals surface area (Å²) < 4.78 is 11.4. The van der Waals surface area contributed by atoms with Gasteiger partial charge in [-0.3, -0.25) is 0 Å². The fourth-order valence-corrected chi connectivity index (χ4v) is 2.80. The highest BCUT2D eigenvalue weighted by Gasteiger charge is 2.12. The van der Waals surface area contributed by atoms with Gasteiger partial charge in [-0.15, -0.1) is 0 Å². The molecule has 0 saturated carbocycles. The van der Waals surface area contributed by atoms with E-state index in [1.165, 1.54) is 0 Å². The van der Waals surface area contributed by atoms with Crippen LogP contribution < -0.4 is 5.55 Å². The molecule has 0 radical (unpaired) electrons. The molecule has 4 aromatic rings. The zero-order chi connectivity index (χ0) is 14.6. The second-order valence-corrected chi connectivity index (χ2v) is 5.18. The van der Waals surface area contributed by atoms with Crippen molar-refractivity contribution in [2.75, 3.05) is 0 Å². The van der Waals surface area contributed by atoms with Gasteiger partial charge in [0.2, 0.25) is 0 Å². The zero-order valence-corrected chi connectivity index (χ0v) is 11.7. The second-order valence-electron chi connectivity index (χ2n) is 5.18. The van der Waals surface area contributed by atoms with Gasteiger partial charge < -0.3 is 14.0 Å². The van der Waals surface area contributed by atoms with Gasteiger partial charge in [0.1, 0.15) is 16.9 Å². The van der Waals surface area contributed by atoms with Crippen LogP contribution in [0.4, 0.5) is 0 Å². The van der Waals surface area contributed by atoms with Crippen molar-refractivity contribution < 1.29 is 14.0 Å². The van der Waals surface area contributed by atoms with Gasteiger partial charge in [0, 0.05) is 22.2 Å². The maximum absolute atomic E-state index is 9.16. The predicted molar refractivity (Wildman–Crippen MR) is 80.3 cm³/mol. The lowest BCUT2D eigenvalue weighted by molar-refractivity contribution is 0.279. The third-order valence-electron chi connectivity index (χ3n) is 4.02. The summed E-state index contributed by atoms with van der Waals surface area (Å²) in [4.78, 5) is 0. The van der Waals surface area contributed by atoms with E-state index in [2.05, 4.69) is 11.2 Å². The van der Waals surface area contributed by atoms with Crippen LogP contribution in [0.5, 0.6) is 0 Å². The molecule has 0 aliphatic carbocycles. The van der Waals surface area contributed by atoms with Crippen LogP contribution in [0.2, 0.25) is 0 Å². The van der Waals surface area contributed by atoms with Gasteiger partial charge in [-0.2, -0.15) is 0 Å². The number of furan rings is 1. The number of fused-ring (bicyclic) bond motifs is 4. The molecule has 0 spiro atoms. The summed E-state index contributed by atoms with van der Waals surface area (Å²) >= 11 is 0. The van der Waals surface area contributed by atoms with E-state index in [-0.39, 0.29) is 5.55 Å². The smallest absolute Gasteiger partial charge is 0.263 e. The van der Waals surface area contributed by atoms with Gasteiger partial charge in [-0.05, 0) is 42.1 Å². The molecule has 2 aromatic heterocycles. The van der Waals surface area contributed by atoms with Gasteiger partial charge >= 0.3 is 0 Å². The molecular formula is C17H13NO3. The molecule has 0 aliphatic rings. The molecule has 0 fully saturated rings. The second kappa shape index (κ2) is 4.12. The van der Waals surface area contributed by atoms with Crippen LogP contribution >= 0.6 is 0 Å². The van der Waals surface area contributed by atoms with Crippen molar-refractivity contribution in [3.8, 4) is 0 Å². The summed E-state index contributed by atoms with van der Waals surface area (Å²) in [7, 11) is 0. The van der Waals surface area contributed by atoms with Crippen LogP contribution in [-0.4, -0.2) is 5.21 Å². The fraction of sp³-hybridized carbons (Fsp3) is 0.118. The Morgan fingerprint density at radius 2 is 1.57 bits per heavy atom. The van der Waals surface area contributed by atoms with Crippen LogP contribution in [0, 0.1) is 13.8 Å². The fourth-order valence-electron chi connectivity index (χ4n) is 2.80. The minimum absolute atomic E-state index is 0.206. The van der Waals surface area contributed by atoms with Crippen LogP contribution in [0.15, 0.2) is 50.4 Å². The standard InChI is InChI=1S/C17H13NO3/c1-9-10(2)20-15-8-16-14(7-13(9)15)11-5-3-4-6-12(11)17(18-19)21-16/h3-8,19H,1-2H3/b18-17-. The Balaban J connectivity index is 2.31. The molecule has 0 bridgehead atoms. The summed E-state index contributed by atoms with van der Waals surface area (Å²) in [5.41, 5.74) is 2.76. The highest BCUT2D eigenvalue weighted by molar-refractivity contribution is 6.08. The van der Waals surface area contributed by atoms with Crippen molar-refractivity contribution in [3.05, 3.63) is 53.3 Å². The van der Waals surface area contributed by atoms with E-state index in [4.69, 9.17) is 14.0 Å². The molecule has 0 saturated heterocycles. The molecule has 2 aromatic carbocycles. The number of hydrogen-bond donors (Lipinski definition) is 1. The van der Waals surface area contributed by atoms with Crippen molar-refractivity contribution in [3.63, 3.8) is 0 Å². The first-order valence-electron chi connectivity index (χ1n) is 6.72. The molecule has 104 valence electrons. The Labute approximate surface area is 119 Å². The van der Waals surface area contributed by atoms with Crippen LogP contribution in [0.1, 0.15) is 11.3 Å². The zero-order valence-electron chi connectivity index (χ0n) is 11.7. The van der Waals surface area contributed by atoms with E-state index in [9.17, 15) is 0 Å². The predicted octanol–water partition coefficient (Wildman–Crippen LogP) is 4.24. The van der Waals surface area contributed by atoms with E-state index in [0.717, 1.165) is 38.5 Å². The quantitative estimate of drug-likeness (QED) is 0.297. The maximum atomic E-state index is 9.16. The van der Waals surface area contributed by atoms with Gasteiger partial charge in [-0.25, -0.2) is 0 Å². The Morgan fingerprint density at radius 3 is 2.33 bits per heavy atom. The van der Waals surface area contributed by atoms with E-state index in [0.29, 0.717) is 5.58 Å². The summed E-state index contributed by atoms with van der Waals surface area (Å²) in [6.45, 7) is 3.99. The molecular weight excluding hydrogens is 266 g/mol. The molecule has 4 heteroatoms. The summed E-state index contributed by atoms with van der Waals surface area (Å²) in [6.07, 6.45) is 0. The largest absolute Gasteiger partial charge is 0.461 e. The molecule has 0 amide bonds. The molecule has 4 nitrogen and oxygen atoms in total. The molecule has 21 heavy (non-hydrogen) atoms. The van der Waals surface area contributed by atoms with E-state index < -0.39 is 0 Å². The van der Waals surface area contributed by atoms with Gasteiger partial charge in [0.25, 0.3) is 5.55 Å². The first-order chi connectivity index (χ1) is 10.2. The molecule has 0 atom stereocenters. The van der Waals surface area contributed by atoms with E-state index in [1.54, 1.807) is 0 Å². The van der Waals surface area contributed by atoms with Gasteiger partial charge in [-0.1, -0.05) is 18.2 Å². The Morgan fingerprint density at radius 1 is 0.857 bits per heavy atom. The Bertz CT molecular complexity index is 1070. The topological polar surface area (TPSA) is 58.9 Å². The normalized spacial score (nSPS) is 12.8. The number of aryl methyl sites for hydroxylation is 2. The molecule has 1 N–H and O–H groups in total. The Hall–Kier alpha value is -2.75. The van der Waals surface area contributed by atoms with Crippen molar-refractivity contribution in [1.29, 1.82) is 0 Å². The maximum Gasteiger partial charge on any atom is 0.263 e. The molecule has 0 unspecified atom stereocenters. The van der Waals surface area contributed by atoms with Crippen LogP contribution in [-0.2, 0) is 0 Å². The number of rotatable bonds is 0. The monoisotopic (exact) mass is 279 g/mol. The minimum Gasteiger partial charge on any atom is -0.461 e. The third-order valence-corrected chi connectivity index (χ3v) is 4.02. The van der Waals surface area contributed by atoms with Gasteiger partial charge in [0.05, 0.1) is 0 Å². The number of hydrogen-bond acceptors (Lipinski definition) is 4. The summed E-state index contributed by atoms with van der Waals surface area (Å²) in [5, 5.41) is 16.3. The average Bonchev–Trinajstić information content (AvgIpc) is 2.79. The van der Waals surface area contributed by atoms with Crippen LogP contribution in [0.3, 0.4) is 0 Å². The molecule has 0 aliphatic heterocycles. The Kier molecular flexibility index (Phi) is 2.36.